The summed E-state index contributed by atoms with van der Waals surface area (Å²) in [7, 11) is 0. The lowest BCUT2D eigenvalue weighted by Gasteiger charge is -2.27. The highest BCUT2D eigenvalue weighted by atomic mass is 19.1. The third-order valence-electron chi connectivity index (χ3n) is 2.58. The molecule has 0 saturated heterocycles. The van der Waals surface area contributed by atoms with Crippen molar-refractivity contribution >= 4 is 11.9 Å². The van der Waals surface area contributed by atoms with Crippen LogP contribution in [0, 0.1) is 11.2 Å². The molecule has 0 spiro atoms. The minimum atomic E-state index is -1.11. The number of carboxylic acids is 1. The Balaban J connectivity index is 2.57. The van der Waals surface area contributed by atoms with Crippen molar-refractivity contribution in [2.45, 2.75) is 26.8 Å². The van der Waals surface area contributed by atoms with E-state index in [1.165, 1.54) is 18.2 Å². The molecule has 5 nitrogen and oxygen atoms in total. The molecule has 0 aliphatic carbocycles. The largest absolute Gasteiger partial charge is 0.484 e. The first kappa shape index (κ1) is 15.9. The predicted octanol–water partition coefficient (Wildman–Crippen LogP) is 1.82. The van der Waals surface area contributed by atoms with E-state index in [2.05, 4.69) is 5.32 Å². The van der Waals surface area contributed by atoms with E-state index >= 15 is 0 Å². The first-order chi connectivity index (χ1) is 9.20. The average Bonchev–Trinajstić information content (AvgIpc) is 2.31. The van der Waals surface area contributed by atoms with Gasteiger partial charge in [0.15, 0.2) is 6.61 Å². The number of hydrogen-bond donors (Lipinski definition) is 2. The number of ether oxygens (including phenoxy) is 1. The third kappa shape index (κ3) is 4.87. The summed E-state index contributed by atoms with van der Waals surface area (Å²) in [6.45, 7) is 4.75. The highest BCUT2D eigenvalue weighted by Gasteiger charge is 2.32. The van der Waals surface area contributed by atoms with Gasteiger partial charge in [-0.3, -0.25) is 4.79 Å². The van der Waals surface area contributed by atoms with E-state index in [0.717, 1.165) is 6.07 Å². The van der Waals surface area contributed by atoms with E-state index in [-0.39, 0.29) is 12.4 Å². The van der Waals surface area contributed by atoms with Crippen LogP contribution in [0.2, 0.25) is 0 Å². The van der Waals surface area contributed by atoms with Gasteiger partial charge in [-0.1, -0.05) is 26.8 Å². The van der Waals surface area contributed by atoms with Crippen molar-refractivity contribution < 1.29 is 23.8 Å². The molecule has 2 N–H and O–H groups in total. The van der Waals surface area contributed by atoms with E-state index in [1.807, 2.05) is 0 Å². The summed E-state index contributed by atoms with van der Waals surface area (Å²) in [5, 5.41) is 11.5. The van der Waals surface area contributed by atoms with E-state index in [4.69, 9.17) is 9.84 Å². The maximum absolute atomic E-state index is 12.9. The zero-order chi connectivity index (χ0) is 15.3. The molecule has 1 rings (SSSR count). The molecule has 0 aromatic heterocycles. The summed E-state index contributed by atoms with van der Waals surface area (Å²) in [6, 6.07) is 4.34. The van der Waals surface area contributed by atoms with Crippen LogP contribution < -0.4 is 10.1 Å². The number of carbonyl (C=O) groups is 2. The SMILES string of the molecule is CC(C)(C)[C@@H](NC(=O)COc1cccc(F)c1)C(=O)O. The Bertz CT molecular complexity index is 496. The van der Waals surface area contributed by atoms with Crippen LogP contribution in [0.15, 0.2) is 24.3 Å². The highest BCUT2D eigenvalue weighted by Crippen LogP contribution is 2.19. The summed E-state index contributed by atoms with van der Waals surface area (Å²) in [5.41, 5.74) is -0.625. The molecule has 1 aromatic rings. The number of aliphatic carboxylic acids is 1. The van der Waals surface area contributed by atoms with Gasteiger partial charge in [-0.2, -0.15) is 0 Å². The predicted molar refractivity (Wildman–Crippen MR) is 70.9 cm³/mol. The van der Waals surface area contributed by atoms with Gasteiger partial charge < -0.3 is 15.2 Å². The van der Waals surface area contributed by atoms with Crippen molar-refractivity contribution in [1.82, 2.24) is 5.32 Å². The zero-order valence-corrected chi connectivity index (χ0v) is 11.6. The smallest absolute Gasteiger partial charge is 0.326 e. The van der Waals surface area contributed by atoms with Gasteiger partial charge in [0.25, 0.3) is 5.91 Å². The number of benzene rings is 1. The Morgan fingerprint density at radius 1 is 1.40 bits per heavy atom. The number of nitrogens with one attached hydrogen (secondary N) is 1. The number of carbonyl (C=O) groups excluding carboxylic acids is 1. The molecule has 0 radical (unpaired) electrons. The Labute approximate surface area is 116 Å². The second kappa shape index (κ2) is 6.36. The quantitative estimate of drug-likeness (QED) is 0.864. The molecule has 110 valence electrons. The van der Waals surface area contributed by atoms with Crippen LogP contribution in [0.4, 0.5) is 4.39 Å². The minimum absolute atomic E-state index is 0.211. The molecule has 0 aliphatic heterocycles. The van der Waals surface area contributed by atoms with Crippen LogP contribution in [0.5, 0.6) is 5.75 Å². The standard InChI is InChI=1S/C14H18FNO4/c1-14(2,3)12(13(18)19)16-11(17)8-20-10-6-4-5-9(15)7-10/h4-7,12H,8H2,1-3H3,(H,16,17)(H,18,19)/t12-/m0/s1. The minimum Gasteiger partial charge on any atom is -0.484 e. The van der Waals surface area contributed by atoms with Crippen molar-refractivity contribution in [2.75, 3.05) is 6.61 Å². The van der Waals surface area contributed by atoms with Crippen LogP contribution >= 0.6 is 0 Å². The summed E-state index contributed by atoms with van der Waals surface area (Å²) in [5.74, 6) is -1.95. The summed E-state index contributed by atoms with van der Waals surface area (Å²) in [4.78, 5) is 22.8. The molecule has 1 atom stereocenters. The van der Waals surface area contributed by atoms with Gasteiger partial charge in [-0.05, 0) is 17.5 Å². The second-order valence-electron chi connectivity index (χ2n) is 5.45. The van der Waals surface area contributed by atoms with Crippen LogP contribution in [0.25, 0.3) is 0 Å². The van der Waals surface area contributed by atoms with Gasteiger partial charge in [0, 0.05) is 6.07 Å². The second-order valence-corrected chi connectivity index (χ2v) is 5.45. The van der Waals surface area contributed by atoms with E-state index in [9.17, 15) is 14.0 Å². The molecule has 0 aliphatic rings. The molecule has 0 unspecified atom stereocenters. The fourth-order valence-corrected chi connectivity index (χ4v) is 1.56. The van der Waals surface area contributed by atoms with Gasteiger partial charge >= 0.3 is 5.97 Å². The Kier molecular flexibility index (Phi) is 5.07. The fraction of sp³-hybridized carbons (Fsp3) is 0.429. The van der Waals surface area contributed by atoms with Gasteiger partial charge in [0.05, 0.1) is 0 Å². The molecule has 0 heterocycles. The number of hydrogen-bond acceptors (Lipinski definition) is 3. The van der Waals surface area contributed by atoms with Crippen LogP contribution in [-0.2, 0) is 9.59 Å². The average molecular weight is 283 g/mol. The summed E-state index contributed by atoms with van der Waals surface area (Å²) >= 11 is 0. The molecule has 1 amide bonds. The topological polar surface area (TPSA) is 75.6 Å². The monoisotopic (exact) mass is 283 g/mol. The van der Waals surface area contributed by atoms with E-state index in [0.29, 0.717) is 0 Å². The van der Waals surface area contributed by atoms with Crippen LogP contribution in [0.1, 0.15) is 20.8 Å². The maximum Gasteiger partial charge on any atom is 0.326 e. The van der Waals surface area contributed by atoms with Crippen molar-refractivity contribution in [2.24, 2.45) is 5.41 Å². The molecule has 0 saturated carbocycles. The zero-order valence-electron chi connectivity index (χ0n) is 11.6. The van der Waals surface area contributed by atoms with E-state index < -0.39 is 29.2 Å². The first-order valence-electron chi connectivity index (χ1n) is 6.10. The summed E-state index contributed by atoms with van der Waals surface area (Å²) in [6.07, 6.45) is 0. The van der Waals surface area contributed by atoms with Crippen molar-refractivity contribution in [3.8, 4) is 5.75 Å². The third-order valence-corrected chi connectivity index (χ3v) is 2.58. The molecule has 0 bridgehead atoms. The molecule has 20 heavy (non-hydrogen) atoms. The molecule has 0 fully saturated rings. The Morgan fingerprint density at radius 2 is 2.05 bits per heavy atom. The van der Waals surface area contributed by atoms with Gasteiger partial charge in [0.1, 0.15) is 17.6 Å². The number of amides is 1. The Morgan fingerprint density at radius 3 is 2.55 bits per heavy atom. The van der Waals surface area contributed by atoms with Crippen molar-refractivity contribution in [3.05, 3.63) is 30.1 Å². The fourth-order valence-electron chi connectivity index (χ4n) is 1.56. The van der Waals surface area contributed by atoms with Crippen LogP contribution in [0.3, 0.4) is 0 Å². The number of carboxylic acid groups (broad SMARTS) is 1. The van der Waals surface area contributed by atoms with Gasteiger partial charge in [-0.25, -0.2) is 9.18 Å². The Hall–Kier alpha value is -2.11. The number of rotatable bonds is 5. The van der Waals surface area contributed by atoms with Crippen LogP contribution in [-0.4, -0.2) is 29.6 Å². The molecular formula is C14H18FNO4. The summed E-state index contributed by atoms with van der Waals surface area (Å²) < 4.78 is 18.0. The van der Waals surface area contributed by atoms with Crippen molar-refractivity contribution in [1.29, 1.82) is 0 Å². The maximum atomic E-state index is 12.9. The van der Waals surface area contributed by atoms with Gasteiger partial charge in [0.2, 0.25) is 0 Å². The van der Waals surface area contributed by atoms with Crippen molar-refractivity contribution in [3.63, 3.8) is 0 Å². The number of halogens is 1. The highest BCUT2D eigenvalue weighted by molar-refractivity contribution is 5.84. The lowest BCUT2D eigenvalue weighted by Crippen LogP contribution is -2.50. The first-order valence-corrected chi connectivity index (χ1v) is 6.10. The lowest BCUT2D eigenvalue weighted by atomic mass is 9.87. The van der Waals surface area contributed by atoms with E-state index in [1.54, 1.807) is 20.8 Å². The normalized spacial score (nSPS) is 12.6. The van der Waals surface area contributed by atoms with Gasteiger partial charge in [-0.15, -0.1) is 0 Å². The molecule has 1 aromatic carbocycles. The molecule has 6 heteroatoms. The molecular weight excluding hydrogens is 265 g/mol. The lowest BCUT2D eigenvalue weighted by molar-refractivity contribution is -0.145.